The third-order valence-electron chi connectivity index (χ3n) is 21.1. The topological polar surface area (TPSA) is 114 Å². The van der Waals surface area contributed by atoms with Gasteiger partial charge in [0.05, 0.1) is 9.79 Å². The molecule has 0 amide bonds. The number of rotatable bonds is 66. The fourth-order valence-electron chi connectivity index (χ4n) is 15.1. The first-order valence-corrected chi connectivity index (χ1v) is 44.8. The first kappa shape index (κ1) is 91.9. The monoisotopic (exact) mass is 1500 g/mol. The summed E-state index contributed by atoms with van der Waals surface area (Å²) < 4.78 is 73.9. The molecule has 0 aliphatic rings. The summed E-state index contributed by atoms with van der Waals surface area (Å²) in [4.78, 5) is 0.00798. The molecule has 6 nitrogen and oxygen atoms in total. The predicted molar refractivity (Wildman–Crippen MR) is 424 cm³/mol. The molecule has 0 saturated carbocycles. The van der Waals surface area contributed by atoms with Crippen molar-refractivity contribution in [2.45, 2.75) is 448 Å². The van der Waals surface area contributed by atoms with Crippen LogP contribution < -0.4 is 0 Å². The molecular weight excluding hydrogens is 1350 g/mol. The van der Waals surface area contributed by atoms with E-state index in [1.807, 2.05) is 12.1 Å². The van der Waals surface area contributed by atoms with Gasteiger partial charge in [0, 0.05) is 0 Å². The molecule has 0 aliphatic carbocycles. The summed E-state index contributed by atoms with van der Waals surface area (Å²) in [6.07, 6.45) is 82.9. The summed E-state index contributed by atoms with van der Waals surface area (Å²) in [5.41, 5.74) is 3.97. The van der Waals surface area contributed by atoms with E-state index >= 15 is 0 Å². The van der Waals surface area contributed by atoms with E-state index in [2.05, 4.69) is 64.1 Å². The van der Waals surface area contributed by atoms with E-state index in [9.17, 15) is 25.9 Å². The first-order chi connectivity index (χ1) is 47.0. The maximum Gasteiger partial charge on any atom is 2.00 e. The van der Waals surface area contributed by atoms with Gasteiger partial charge in [-0.3, -0.25) is 0 Å². The van der Waals surface area contributed by atoms with Crippen molar-refractivity contribution in [1.82, 2.24) is 0 Å². The zero-order valence-electron chi connectivity index (χ0n) is 64.0. The number of hydrogen-bond donors (Lipinski definition) is 0. The largest absolute Gasteiger partial charge is 2.00 e. The van der Waals surface area contributed by atoms with Gasteiger partial charge in [-0.2, -0.15) is 0 Å². The van der Waals surface area contributed by atoms with Crippen molar-refractivity contribution in [2.75, 3.05) is 0 Å². The Bertz CT molecular complexity index is 2500. The van der Waals surface area contributed by atoms with Crippen molar-refractivity contribution in [1.29, 1.82) is 0 Å². The Morgan fingerprint density at radius 3 is 0.588 bits per heavy atom. The van der Waals surface area contributed by atoms with Crippen molar-refractivity contribution >= 4 is 90.7 Å². The van der Waals surface area contributed by atoms with E-state index in [-0.39, 0.29) is 58.7 Å². The van der Waals surface area contributed by atoms with Crippen LogP contribution in [0.4, 0.5) is 0 Å². The average molecular weight is 1510 g/mol. The van der Waals surface area contributed by atoms with Gasteiger partial charge in [0.2, 0.25) is 0 Å². The summed E-state index contributed by atoms with van der Waals surface area (Å²) in [5.74, 6) is 0. The minimum absolute atomic E-state index is 0. The van der Waals surface area contributed by atoms with Gasteiger partial charge in [-0.05, 0) is 107 Å². The molecule has 0 atom stereocenters. The van der Waals surface area contributed by atoms with Crippen molar-refractivity contribution in [3.8, 4) is 0 Å². The van der Waals surface area contributed by atoms with Gasteiger partial charge >= 0.3 is 48.9 Å². The number of benzene rings is 4. The molecule has 4 rings (SSSR count). The van der Waals surface area contributed by atoms with Gasteiger partial charge in [-0.1, -0.05) is 436 Å². The molecule has 0 saturated heterocycles. The fraction of sp³-hybridized carbons (Fsp3) is 0.773. The summed E-state index contributed by atoms with van der Waals surface area (Å²) in [6, 6.07) is 19.4. The molecule has 0 aliphatic heterocycles. The predicted octanol–water partition coefficient (Wildman–Crippen LogP) is 28.8. The summed E-state index contributed by atoms with van der Waals surface area (Å²) >= 11 is 0. The second-order valence-electron chi connectivity index (χ2n) is 29.8. The Balaban J connectivity index is 0.000000653. The second kappa shape index (κ2) is 63.3. The van der Waals surface area contributed by atoms with E-state index in [4.69, 9.17) is 0 Å². The van der Waals surface area contributed by atoms with Crippen molar-refractivity contribution < 1.29 is 25.9 Å². The van der Waals surface area contributed by atoms with Gasteiger partial charge in [0.15, 0.2) is 0 Å². The smallest absolute Gasteiger partial charge is 0.744 e. The SMILES string of the molecule is CCCCCCCCCCCCCCCCCc1cccc2ccc(S(=O)(=O)[O-])c(CCCCCCCCCCCCCCCCC)c12.CCCCCCCCCCCCCCCCCc1cccc2ccc(S(=O)(=O)[O-])c(CCCCCCCCCCCCCCCCC)c12.[Ba+2]. The Labute approximate surface area is 642 Å². The van der Waals surface area contributed by atoms with Crippen LogP contribution in [-0.2, 0) is 45.9 Å². The van der Waals surface area contributed by atoms with Crippen LogP contribution in [0.3, 0.4) is 0 Å². The van der Waals surface area contributed by atoms with E-state index in [1.165, 1.54) is 358 Å². The maximum atomic E-state index is 12.3. The van der Waals surface area contributed by atoms with Crippen molar-refractivity contribution in [3.05, 3.63) is 82.9 Å². The number of aryl methyl sites for hydroxylation is 4. The molecule has 552 valence electrons. The zero-order valence-corrected chi connectivity index (χ0v) is 70.1. The van der Waals surface area contributed by atoms with E-state index in [0.717, 1.165) is 84.0 Å². The second-order valence-corrected chi connectivity index (χ2v) is 32.5. The van der Waals surface area contributed by atoms with Crippen LogP contribution in [-0.4, -0.2) is 74.8 Å². The van der Waals surface area contributed by atoms with Gasteiger partial charge in [0.1, 0.15) is 20.2 Å². The Morgan fingerprint density at radius 1 is 0.227 bits per heavy atom. The van der Waals surface area contributed by atoms with Gasteiger partial charge in [-0.25, -0.2) is 16.8 Å². The van der Waals surface area contributed by atoms with Crippen LogP contribution in [0, 0.1) is 0 Å². The zero-order chi connectivity index (χ0) is 69.1. The standard InChI is InChI=1S/2C44H76O3S.Ba/c2*1-3-5-7-9-11-13-15-17-19-21-23-25-27-29-31-34-40-35-33-36-41-38-39-43(48(45,46)47)42(44(40)41)37-32-30-28-26-24-22-20-18-16-14-12-10-8-6-4-2;/h2*33,35-36,38-39H,3-32,34,37H2,1-2H3,(H,45,46,47);/q;;+2/p-2. The Hall–Kier alpha value is -1.21. The molecule has 0 fully saturated rings. The molecule has 9 heteroatoms. The maximum absolute atomic E-state index is 12.3. The normalized spacial score (nSPS) is 11.9. The number of fused-ring (bicyclic) bond motifs is 2. The first-order valence-electron chi connectivity index (χ1n) is 42.0. The third-order valence-corrected chi connectivity index (χ3v) is 22.9. The summed E-state index contributed by atoms with van der Waals surface area (Å²) in [7, 11) is -9.03. The molecule has 0 bridgehead atoms. The number of hydrogen-bond acceptors (Lipinski definition) is 6. The molecule has 0 spiro atoms. The van der Waals surface area contributed by atoms with Crippen LogP contribution in [0.2, 0.25) is 0 Å². The third kappa shape index (κ3) is 46.3. The van der Waals surface area contributed by atoms with Crippen LogP contribution in [0.1, 0.15) is 435 Å². The molecule has 4 aromatic carbocycles. The fourth-order valence-corrected chi connectivity index (χ4v) is 16.6. The summed E-state index contributed by atoms with van der Waals surface area (Å²) in [5, 5.41) is 4.20. The quantitative estimate of drug-likeness (QED) is 0.0247. The van der Waals surface area contributed by atoms with Crippen molar-refractivity contribution in [2.24, 2.45) is 0 Å². The van der Waals surface area contributed by atoms with E-state index < -0.39 is 20.2 Å². The minimum atomic E-state index is -4.51. The Kier molecular flexibility index (Phi) is 59.9. The molecule has 97 heavy (non-hydrogen) atoms. The molecule has 4 aromatic rings. The van der Waals surface area contributed by atoms with E-state index in [1.54, 1.807) is 12.1 Å². The Morgan fingerprint density at radius 2 is 0.402 bits per heavy atom. The molecule has 0 aromatic heterocycles. The van der Waals surface area contributed by atoms with Gasteiger partial charge < -0.3 is 9.11 Å². The minimum Gasteiger partial charge on any atom is -0.744 e. The molecule has 0 radical (unpaired) electrons. The van der Waals surface area contributed by atoms with Gasteiger partial charge in [-0.15, -0.1) is 0 Å². The molecular formula is C88H150BaO6S2. The molecule has 0 heterocycles. The summed E-state index contributed by atoms with van der Waals surface area (Å²) in [6.45, 7) is 9.12. The van der Waals surface area contributed by atoms with Crippen LogP contribution in [0.25, 0.3) is 21.5 Å². The average Bonchev–Trinajstić information content (AvgIpc) is 0.786. The van der Waals surface area contributed by atoms with Crippen LogP contribution in [0.5, 0.6) is 0 Å². The van der Waals surface area contributed by atoms with E-state index in [0.29, 0.717) is 12.8 Å². The van der Waals surface area contributed by atoms with Gasteiger partial charge in [0.25, 0.3) is 0 Å². The van der Waals surface area contributed by atoms with Crippen LogP contribution in [0.15, 0.2) is 70.5 Å². The van der Waals surface area contributed by atoms with Crippen LogP contribution >= 0.6 is 0 Å². The number of unbranched alkanes of at least 4 members (excludes halogenated alkanes) is 56. The molecule has 0 N–H and O–H groups in total. The van der Waals surface area contributed by atoms with Crippen molar-refractivity contribution in [3.63, 3.8) is 0 Å². The molecule has 0 unspecified atom stereocenters.